The maximum absolute atomic E-state index is 12.0. The van der Waals surface area contributed by atoms with Gasteiger partial charge in [0.1, 0.15) is 12.4 Å². The van der Waals surface area contributed by atoms with Crippen molar-refractivity contribution in [1.29, 1.82) is 0 Å². The van der Waals surface area contributed by atoms with Crippen molar-refractivity contribution in [3.63, 3.8) is 0 Å². The van der Waals surface area contributed by atoms with Gasteiger partial charge in [-0.2, -0.15) is 0 Å². The second-order valence-corrected chi connectivity index (χ2v) is 1.99. The van der Waals surface area contributed by atoms with E-state index in [2.05, 4.69) is 0 Å². The summed E-state index contributed by atoms with van der Waals surface area (Å²) in [7, 11) is 1.57. The number of halogens is 1. The molecule has 0 radical (unpaired) electrons. The smallest absolute Gasteiger partial charge is 0.119 e. The van der Waals surface area contributed by atoms with E-state index < -0.39 is 6.67 Å². The Hall–Kier alpha value is -1.05. The Labute approximate surface area is 59.4 Å². The molecule has 0 aliphatic heterocycles. The van der Waals surface area contributed by atoms with Gasteiger partial charge in [-0.3, -0.25) is 0 Å². The fraction of sp³-hybridized carbons (Fsp3) is 0.250. The summed E-state index contributed by atoms with van der Waals surface area (Å²) < 4.78 is 16.9. The highest BCUT2D eigenvalue weighted by Gasteiger charge is 1.92. The third-order valence-corrected chi connectivity index (χ3v) is 1.29. The minimum Gasteiger partial charge on any atom is -0.497 e. The molecule has 0 aromatic heterocycles. The molecule has 54 valence electrons. The second-order valence-electron chi connectivity index (χ2n) is 1.99. The van der Waals surface area contributed by atoms with Crippen molar-refractivity contribution < 1.29 is 9.13 Å². The van der Waals surface area contributed by atoms with E-state index in [1.165, 1.54) is 0 Å². The summed E-state index contributed by atoms with van der Waals surface area (Å²) in [6.45, 7) is -0.433. The van der Waals surface area contributed by atoms with Gasteiger partial charge in [-0.15, -0.1) is 0 Å². The van der Waals surface area contributed by atoms with Crippen LogP contribution in [0.4, 0.5) is 4.39 Å². The van der Waals surface area contributed by atoms with Crippen molar-refractivity contribution in [3.05, 3.63) is 29.8 Å². The lowest BCUT2D eigenvalue weighted by Gasteiger charge is -1.99. The van der Waals surface area contributed by atoms with Gasteiger partial charge >= 0.3 is 0 Å². The molecule has 0 atom stereocenters. The van der Waals surface area contributed by atoms with Crippen LogP contribution in [0.2, 0.25) is 0 Å². The van der Waals surface area contributed by atoms with Gasteiger partial charge in [-0.25, -0.2) is 4.39 Å². The van der Waals surface area contributed by atoms with Crippen LogP contribution in [0.5, 0.6) is 5.75 Å². The molecule has 0 heterocycles. The van der Waals surface area contributed by atoms with Gasteiger partial charge < -0.3 is 4.74 Å². The quantitative estimate of drug-likeness (QED) is 0.611. The summed E-state index contributed by atoms with van der Waals surface area (Å²) in [5.41, 5.74) is 0.652. The second kappa shape index (κ2) is 3.20. The normalized spacial score (nSPS) is 9.40. The van der Waals surface area contributed by atoms with Crippen LogP contribution < -0.4 is 4.74 Å². The first-order chi connectivity index (χ1) is 4.86. The van der Waals surface area contributed by atoms with Crippen LogP contribution in [0.1, 0.15) is 5.56 Å². The van der Waals surface area contributed by atoms with Crippen molar-refractivity contribution >= 4 is 0 Å². The average Bonchev–Trinajstić information content (AvgIpc) is 2.05. The van der Waals surface area contributed by atoms with E-state index in [4.69, 9.17) is 4.74 Å². The fourth-order valence-electron chi connectivity index (χ4n) is 0.756. The number of alkyl halides is 1. The van der Waals surface area contributed by atoms with Crippen molar-refractivity contribution in [2.45, 2.75) is 6.67 Å². The van der Waals surface area contributed by atoms with Crippen LogP contribution in [0, 0.1) is 0 Å². The first kappa shape index (κ1) is 7.06. The zero-order chi connectivity index (χ0) is 7.40. The Morgan fingerprint density at radius 1 is 1.50 bits per heavy atom. The molecule has 1 aromatic rings. The van der Waals surface area contributed by atoms with Crippen molar-refractivity contribution in [3.8, 4) is 5.75 Å². The third-order valence-electron chi connectivity index (χ3n) is 1.29. The summed E-state index contributed by atoms with van der Waals surface area (Å²) in [5, 5.41) is 0. The van der Waals surface area contributed by atoms with Crippen molar-refractivity contribution in [1.82, 2.24) is 0 Å². The fourth-order valence-corrected chi connectivity index (χ4v) is 0.756. The topological polar surface area (TPSA) is 9.23 Å². The minimum atomic E-state index is -0.433. The maximum Gasteiger partial charge on any atom is 0.119 e. The molecule has 0 aliphatic carbocycles. The first-order valence-electron chi connectivity index (χ1n) is 3.05. The Morgan fingerprint density at radius 2 is 2.30 bits per heavy atom. The van der Waals surface area contributed by atoms with Crippen LogP contribution in [-0.2, 0) is 6.67 Å². The molecule has 0 amide bonds. The van der Waals surface area contributed by atoms with Crippen molar-refractivity contribution in [2.24, 2.45) is 0 Å². The first-order valence-corrected chi connectivity index (χ1v) is 3.05. The summed E-state index contributed by atoms with van der Waals surface area (Å²) in [6, 6.07) is 6.97. The van der Waals surface area contributed by atoms with Gasteiger partial charge in [-0.1, -0.05) is 12.1 Å². The largest absolute Gasteiger partial charge is 0.497 e. The molecule has 0 fully saturated rings. The number of rotatable bonds is 2. The van der Waals surface area contributed by atoms with Crippen LogP contribution in [0.25, 0.3) is 0 Å². The lowest BCUT2D eigenvalue weighted by molar-refractivity contribution is 0.412. The van der Waals surface area contributed by atoms with Gasteiger partial charge in [0.25, 0.3) is 0 Å². The molecule has 2 heteroatoms. The summed E-state index contributed by atoms with van der Waals surface area (Å²) in [6.07, 6.45) is 0. The summed E-state index contributed by atoms with van der Waals surface area (Å²) >= 11 is 0. The molecular formula is C8H9FO. The molecule has 0 N–H and O–H groups in total. The van der Waals surface area contributed by atoms with Crippen LogP contribution in [0.15, 0.2) is 24.3 Å². The molecule has 0 saturated carbocycles. The average molecular weight is 140 g/mol. The maximum atomic E-state index is 12.0. The van der Waals surface area contributed by atoms with Gasteiger partial charge in [-0.05, 0) is 17.7 Å². The van der Waals surface area contributed by atoms with E-state index in [0.29, 0.717) is 11.3 Å². The van der Waals surface area contributed by atoms with E-state index in [0.717, 1.165) is 0 Å². The Morgan fingerprint density at radius 3 is 2.90 bits per heavy atom. The molecule has 1 rings (SSSR count). The Bertz CT molecular complexity index is 191. The number of benzene rings is 1. The molecular weight excluding hydrogens is 131 g/mol. The van der Waals surface area contributed by atoms with Crippen molar-refractivity contribution in [2.75, 3.05) is 7.11 Å². The van der Waals surface area contributed by atoms with E-state index >= 15 is 0 Å². The molecule has 0 saturated heterocycles. The zero-order valence-corrected chi connectivity index (χ0v) is 5.80. The standard InChI is InChI=1S/C8H9FO/c1-10-8-4-2-3-7(5-8)6-9/h2-5H,6H2,1H3. The van der Waals surface area contributed by atoms with E-state index in [9.17, 15) is 4.39 Å². The van der Waals surface area contributed by atoms with Crippen LogP contribution in [0.3, 0.4) is 0 Å². The number of hydrogen-bond donors (Lipinski definition) is 0. The van der Waals surface area contributed by atoms with E-state index in [-0.39, 0.29) is 0 Å². The molecule has 1 aromatic carbocycles. The van der Waals surface area contributed by atoms with Gasteiger partial charge in [0.2, 0.25) is 0 Å². The van der Waals surface area contributed by atoms with E-state index in [1.807, 2.05) is 0 Å². The summed E-state index contributed by atoms with van der Waals surface area (Å²) in [4.78, 5) is 0. The molecule has 0 bridgehead atoms. The Kier molecular flexibility index (Phi) is 2.26. The lowest BCUT2D eigenvalue weighted by Crippen LogP contribution is -1.83. The van der Waals surface area contributed by atoms with E-state index in [1.54, 1.807) is 31.4 Å². The lowest BCUT2D eigenvalue weighted by atomic mass is 10.2. The van der Waals surface area contributed by atoms with Crippen LogP contribution >= 0.6 is 0 Å². The highest BCUT2D eigenvalue weighted by molar-refractivity contribution is 5.27. The molecule has 0 spiro atoms. The number of methoxy groups -OCH3 is 1. The van der Waals surface area contributed by atoms with Gasteiger partial charge in [0, 0.05) is 0 Å². The highest BCUT2D eigenvalue weighted by Crippen LogP contribution is 2.12. The number of ether oxygens (including phenoxy) is 1. The van der Waals surface area contributed by atoms with Gasteiger partial charge in [0.15, 0.2) is 0 Å². The molecule has 1 nitrogen and oxygen atoms in total. The summed E-state index contributed by atoms with van der Waals surface area (Å²) in [5.74, 6) is 0.704. The Balaban J connectivity index is 2.87. The number of hydrogen-bond acceptors (Lipinski definition) is 1. The SMILES string of the molecule is COc1cccc(CF)c1. The predicted molar refractivity (Wildman–Crippen MR) is 37.8 cm³/mol. The monoisotopic (exact) mass is 140 g/mol. The minimum absolute atomic E-state index is 0.433. The molecule has 0 unspecified atom stereocenters. The highest BCUT2D eigenvalue weighted by atomic mass is 19.1. The van der Waals surface area contributed by atoms with Gasteiger partial charge in [0.05, 0.1) is 7.11 Å². The zero-order valence-electron chi connectivity index (χ0n) is 5.80. The third kappa shape index (κ3) is 1.47. The predicted octanol–water partition coefficient (Wildman–Crippen LogP) is 2.16. The van der Waals surface area contributed by atoms with Crippen LogP contribution in [-0.4, -0.2) is 7.11 Å². The molecule has 10 heavy (non-hydrogen) atoms. The molecule has 0 aliphatic rings.